The third kappa shape index (κ3) is 3.21. The Morgan fingerprint density at radius 2 is 1.94 bits per heavy atom. The predicted molar refractivity (Wildman–Crippen MR) is 65.4 cm³/mol. The van der Waals surface area contributed by atoms with Gasteiger partial charge in [0.15, 0.2) is 5.78 Å². The second kappa shape index (κ2) is 5.34. The van der Waals surface area contributed by atoms with Crippen molar-refractivity contribution in [3.63, 3.8) is 0 Å². The number of nitrogens with two attached hydrogens (primary N) is 2. The monoisotopic (exact) mass is 236 g/mol. The Labute approximate surface area is 99.7 Å². The van der Waals surface area contributed by atoms with Crippen LogP contribution in [0, 0.1) is 5.92 Å². The van der Waals surface area contributed by atoms with Gasteiger partial charge in [0.1, 0.15) is 0 Å². The number of hydrogen-bond donors (Lipinski definition) is 2. The van der Waals surface area contributed by atoms with E-state index in [2.05, 4.69) is 4.74 Å². The van der Waals surface area contributed by atoms with Gasteiger partial charge >= 0.3 is 5.97 Å². The molecule has 1 unspecified atom stereocenters. The van der Waals surface area contributed by atoms with E-state index in [0.29, 0.717) is 16.9 Å². The SMILES string of the molecule is COC(=O)CC(C)C(=O)c1ccc(N)c(N)c1. The fourth-order valence-electron chi connectivity index (χ4n) is 1.44. The molecule has 1 atom stereocenters. The maximum atomic E-state index is 12.0. The second-order valence-corrected chi connectivity index (χ2v) is 3.89. The van der Waals surface area contributed by atoms with E-state index in [1.165, 1.54) is 13.2 Å². The first-order chi connectivity index (χ1) is 7.95. The summed E-state index contributed by atoms with van der Waals surface area (Å²) >= 11 is 0. The van der Waals surface area contributed by atoms with Gasteiger partial charge in [-0.1, -0.05) is 6.92 Å². The van der Waals surface area contributed by atoms with Crippen LogP contribution >= 0.6 is 0 Å². The van der Waals surface area contributed by atoms with Crippen molar-refractivity contribution < 1.29 is 14.3 Å². The first-order valence-electron chi connectivity index (χ1n) is 5.21. The minimum Gasteiger partial charge on any atom is -0.469 e. The molecule has 0 aliphatic carbocycles. The lowest BCUT2D eigenvalue weighted by Gasteiger charge is -2.10. The molecule has 4 N–H and O–H groups in total. The molecule has 0 amide bonds. The molecule has 1 rings (SSSR count). The van der Waals surface area contributed by atoms with Crippen molar-refractivity contribution in [3.05, 3.63) is 23.8 Å². The van der Waals surface area contributed by atoms with Crippen LogP contribution in [0.5, 0.6) is 0 Å². The molecule has 0 spiro atoms. The molecule has 1 aromatic rings. The zero-order valence-electron chi connectivity index (χ0n) is 9.90. The van der Waals surface area contributed by atoms with Crippen molar-refractivity contribution >= 4 is 23.1 Å². The van der Waals surface area contributed by atoms with Crippen LogP contribution in [0.3, 0.4) is 0 Å². The number of methoxy groups -OCH3 is 1. The zero-order valence-corrected chi connectivity index (χ0v) is 9.90. The maximum Gasteiger partial charge on any atom is 0.306 e. The summed E-state index contributed by atoms with van der Waals surface area (Å²) in [6.45, 7) is 1.67. The molecule has 5 nitrogen and oxygen atoms in total. The number of Topliss-reactive ketones (excluding diaryl/α,β-unsaturated/α-hetero) is 1. The molecule has 0 saturated carbocycles. The summed E-state index contributed by atoms with van der Waals surface area (Å²) in [5, 5.41) is 0. The lowest BCUT2D eigenvalue weighted by atomic mass is 9.96. The van der Waals surface area contributed by atoms with Crippen molar-refractivity contribution in [1.82, 2.24) is 0 Å². The number of carbonyl (C=O) groups excluding carboxylic acids is 2. The molecule has 0 radical (unpaired) electrons. The van der Waals surface area contributed by atoms with Crippen LogP contribution in [-0.2, 0) is 9.53 Å². The van der Waals surface area contributed by atoms with Gasteiger partial charge in [-0.2, -0.15) is 0 Å². The van der Waals surface area contributed by atoms with E-state index in [-0.39, 0.29) is 12.2 Å². The summed E-state index contributed by atoms with van der Waals surface area (Å²) in [5.74, 6) is -0.998. The minimum absolute atomic E-state index is 0.0552. The highest BCUT2D eigenvalue weighted by Crippen LogP contribution is 2.19. The summed E-state index contributed by atoms with van der Waals surface area (Å²) < 4.78 is 4.51. The minimum atomic E-state index is -0.439. The summed E-state index contributed by atoms with van der Waals surface area (Å²) in [6, 6.07) is 4.70. The molecule has 0 aliphatic rings. The molecular formula is C12H16N2O3. The molecule has 0 heterocycles. The Balaban J connectivity index is 2.81. The van der Waals surface area contributed by atoms with Gasteiger partial charge in [0.2, 0.25) is 0 Å². The number of benzene rings is 1. The maximum absolute atomic E-state index is 12.0. The Bertz CT molecular complexity index is 443. The van der Waals surface area contributed by atoms with E-state index in [1.54, 1.807) is 19.1 Å². The lowest BCUT2D eigenvalue weighted by Crippen LogP contribution is -2.16. The van der Waals surface area contributed by atoms with Gasteiger partial charge in [-0.25, -0.2) is 0 Å². The van der Waals surface area contributed by atoms with E-state index in [0.717, 1.165) is 0 Å². The predicted octanol–water partition coefficient (Wildman–Crippen LogP) is 1.23. The van der Waals surface area contributed by atoms with Crippen molar-refractivity contribution in [1.29, 1.82) is 0 Å². The summed E-state index contributed by atoms with van der Waals surface area (Å²) in [4.78, 5) is 23.0. The molecule has 1 aromatic carbocycles. The van der Waals surface area contributed by atoms with Gasteiger partial charge < -0.3 is 16.2 Å². The fraction of sp³-hybridized carbons (Fsp3) is 0.333. The Morgan fingerprint density at radius 1 is 1.29 bits per heavy atom. The van der Waals surface area contributed by atoms with Crippen LogP contribution < -0.4 is 11.5 Å². The summed E-state index contributed by atoms with van der Waals surface area (Å²) in [5.41, 5.74) is 12.4. The second-order valence-electron chi connectivity index (χ2n) is 3.89. The molecule has 0 bridgehead atoms. The topological polar surface area (TPSA) is 95.4 Å². The first-order valence-corrected chi connectivity index (χ1v) is 5.21. The summed E-state index contributed by atoms with van der Waals surface area (Å²) in [7, 11) is 1.29. The largest absolute Gasteiger partial charge is 0.469 e. The van der Waals surface area contributed by atoms with Gasteiger partial charge in [0.25, 0.3) is 0 Å². The van der Waals surface area contributed by atoms with E-state index in [9.17, 15) is 9.59 Å². The van der Waals surface area contributed by atoms with Crippen LogP contribution in [0.25, 0.3) is 0 Å². The molecule has 0 aliphatic heterocycles. The molecular weight excluding hydrogens is 220 g/mol. The first kappa shape index (κ1) is 13.0. The molecule has 0 aromatic heterocycles. The van der Waals surface area contributed by atoms with Crippen molar-refractivity contribution in [2.24, 2.45) is 5.92 Å². The van der Waals surface area contributed by atoms with Gasteiger partial charge in [-0.15, -0.1) is 0 Å². The Morgan fingerprint density at radius 3 is 2.47 bits per heavy atom. The van der Waals surface area contributed by atoms with Gasteiger partial charge in [0.05, 0.1) is 24.9 Å². The van der Waals surface area contributed by atoms with Crippen molar-refractivity contribution in [2.75, 3.05) is 18.6 Å². The number of carbonyl (C=O) groups is 2. The highest BCUT2D eigenvalue weighted by molar-refractivity contribution is 6.00. The third-order valence-electron chi connectivity index (χ3n) is 2.52. The quantitative estimate of drug-likeness (QED) is 0.465. The number of hydrogen-bond acceptors (Lipinski definition) is 5. The molecule has 17 heavy (non-hydrogen) atoms. The van der Waals surface area contributed by atoms with Crippen molar-refractivity contribution in [3.8, 4) is 0 Å². The van der Waals surface area contributed by atoms with Gasteiger partial charge in [-0.3, -0.25) is 9.59 Å². The Kier molecular flexibility index (Phi) is 4.09. The number of anilines is 2. The standard InChI is InChI=1S/C12H16N2O3/c1-7(5-11(15)17-2)12(16)8-3-4-9(13)10(14)6-8/h3-4,6-7H,5,13-14H2,1-2H3. The molecule has 0 saturated heterocycles. The number of rotatable bonds is 4. The normalized spacial score (nSPS) is 11.9. The molecule has 5 heteroatoms. The zero-order chi connectivity index (χ0) is 13.0. The van der Waals surface area contributed by atoms with Gasteiger partial charge in [-0.05, 0) is 18.2 Å². The molecule has 0 fully saturated rings. The summed E-state index contributed by atoms with van der Waals surface area (Å²) in [6.07, 6.45) is 0.0552. The lowest BCUT2D eigenvalue weighted by molar-refractivity contribution is -0.141. The number of esters is 1. The molecule has 92 valence electrons. The van der Waals surface area contributed by atoms with E-state index >= 15 is 0 Å². The highest BCUT2D eigenvalue weighted by Gasteiger charge is 2.19. The number of ketones is 1. The van der Waals surface area contributed by atoms with Crippen LogP contribution in [0.1, 0.15) is 23.7 Å². The number of ether oxygens (including phenoxy) is 1. The van der Waals surface area contributed by atoms with Crippen molar-refractivity contribution in [2.45, 2.75) is 13.3 Å². The fourth-order valence-corrected chi connectivity index (χ4v) is 1.44. The van der Waals surface area contributed by atoms with E-state index < -0.39 is 11.9 Å². The highest BCUT2D eigenvalue weighted by atomic mass is 16.5. The van der Waals surface area contributed by atoms with E-state index in [1.807, 2.05) is 0 Å². The smallest absolute Gasteiger partial charge is 0.306 e. The van der Waals surface area contributed by atoms with E-state index in [4.69, 9.17) is 11.5 Å². The average Bonchev–Trinajstić information content (AvgIpc) is 2.31. The van der Waals surface area contributed by atoms with Gasteiger partial charge in [0, 0.05) is 11.5 Å². The van der Waals surface area contributed by atoms with Crippen LogP contribution in [0.4, 0.5) is 11.4 Å². The third-order valence-corrected chi connectivity index (χ3v) is 2.52. The Hall–Kier alpha value is -2.04. The van der Waals surface area contributed by atoms with Crippen LogP contribution in [0.2, 0.25) is 0 Å². The number of nitrogen functional groups attached to an aromatic ring is 2. The van der Waals surface area contributed by atoms with Crippen LogP contribution in [0.15, 0.2) is 18.2 Å². The average molecular weight is 236 g/mol. The van der Waals surface area contributed by atoms with Crippen LogP contribution in [-0.4, -0.2) is 18.9 Å².